The molecule has 0 radical (unpaired) electrons. The van der Waals surface area contributed by atoms with Crippen LogP contribution in [0, 0.1) is 0 Å². The summed E-state index contributed by atoms with van der Waals surface area (Å²) < 4.78 is 2.08. The Labute approximate surface area is 205 Å². The highest BCUT2D eigenvalue weighted by Crippen LogP contribution is 2.28. The fourth-order valence-corrected chi connectivity index (χ4v) is 4.22. The average molecular weight is 456 g/mol. The highest BCUT2D eigenvalue weighted by molar-refractivity contribution is 6.06. The Bertz CT molecular complexity index is 1350. The first-order chi connectivity index (χ1) is 17.3. The second-order valence-corrected chi connectivity index (χ2v) is 8.22. The number of imidazole rings is 1. The minimum Gasteiger partial charge on any atom is -0.326 e. The number of amides is 1. The summed E-state index contributed by atoms with van der Waals surface area (Å²) in [5.74, 6) is -0.172. The second-order valence-electron chi connectivity index (χ2n) is 8.22. The average Bonchev–Trinajstić information content (AvgIpc) is 3.44. The van der Waals surface area contributed by atoms with Gasteiger partial charge in [0.25, 0.3) is 0 Å². The number of nitrogens with zero attached hydrogens (tertiary/aromatic N) is 2. The number of hydrogen-bond acceptors (Lipinski definition) is 2. The first-order valence-electron chi connectivity index (χ1n) is 11.5. The van der Waals surface area contributed by atoms with Crippen molar-refractivity contribution < 1.29 is 4.79 Å². The van der Waals surface area contributed by atoms with Gasteiger partial charge in [-0.15, -0.1) is 0 Å². The van der Waals surface area contributed by atoms with Gasteiger partial charge in [-0.25, -0.2) is 4.98 Å². The van der Waals surface area contributed by atoms with E-state index < -0.39 is 0 Å². The van der Waals surface area contributed by atoms with Crippen LogP contribution in [0.5, 0.6) is 0 Å². The van der Waals surface area contributed by atoms with E-state index in [-0.39, 0.29) is 11.9 Å². The number of aromatic nitrogens is 2. The van der Waals surface area contributed by atoms with Crippen molar-refractivity contribution in [1.82, 2.24) is 9.55 Å². The molecule has 0 aliphatic heterocycles. The lowest BCUT2D eigenvalue weighted by molar-refractivity contribution is -0.111. The molecule has 0 aliphatic carbocycles. The highest BCUT2D eigenvalue weighted by Gasteiger charge is 2.16. The highest BCUT2D eigenvalue weighted by atomic mass is 16.1. The SMILES string of the molecule is O=C(C=C(c1ccccc1)c1ccccc1)Nc1ccc(C(c2ccccc2)n2ccnc2)cc1. The van der Waals surface area contributed by atoms with Gasteiger partial charge in [-0.2, -0.15) is 0 Å². The monoisotopic (exact) mass is 455 g/mol. The molecule has 4 nitrogen and oxygen atoms in total. The van der Waals surface area contributed by atoms with Gasteiger partial charge in [0.05, 0.1) is 12.4 Å². The summed E-state index contributed by atoms with van der Waals surface area (Å²) in [4.78, 5) is 17.2. The van der Waals surface area contributed by atoms with Gasteiger partial charge >= 0.3 is 0 Å². The molecule has 0 fully saturated rings. The molecule has 4 heteroatoms. The summed E-state index contributed by atoms with van der Waals surface area (Å²) in [5, 5.41) is 3.02. The molecule has 0 saturated carbocycles. The van der Waals surface area contributed by atoms with Crippen LogP contribution in [-0.2, 0) is 4.79 Å². The van der Waals surface area contributed by atoms with Gasteiger partial charge in [-0.1, -0.05) is 103 Å². The van der Waals surface area contributed by atoms with Gasteiger partial charge in [0.15, 0.2) is 0 Å². The van der Waals surface area contributed by atoms with E-state index in [1.807, 2.05) is 116 Å². The zero-order valence-corrected chi connectivity index (χ0v) is 19.2. The zero-order chi connectivity index (χ0) is 23.9. The maximum Gasteiger partial charge on any atom is 0.249 e. The summed E-state index contributed by atoms with van der Waals surface area (Å²) in [6.07, 6.45) is 7.24. The third kappa shape index (κ3) is 5.28. The molecule has 5 aromatic rings. The van der Waals surface area contributed by atoms with Gasteiger partial charge in [0, 0.05) is 24.2 Å². The van der Waals surface area contributed by atoms with Crippen LogP contribution in [-0.4, -0.2) is 15.5 Å². The molecule has 1 heterocycles. The van der Waals surface area contributed by atoms with Crippen LogP contribution in [0.15, 0.2) is 140 Å². The van der Waals surface area contributed by atoms with Crippen molar-refractivity contribution in [3.05, 3.63) is 162 Å². The van der Waals surface area contributed by atoms with E-state index in [1.54, 1.807) is 12.3 Å². The molecule has 0 spiro atoms. The molecule has 1 amide bonds. The van der Waals surface area contributed by atoms with Crippen LogP contribution < -0.4 is 5.32 Å². The van der Waals surface area contributed by atoms with E-state index in [2.05, 4.69) is 27.0 Å². The minimum atomic E-state index is -0.172. The Morgan fingerprint density at radius 3 is 1.80 bits per heavy atom. The first-order valence-corrected chi connectivity index (χ1v) is 11.5. The van der Waals surface area contributed by atoms with Crippen molar-refractivity contribution in [3.8, 4) is 0 Å². The molecule has 1 atom stereocenters. The molecular formula is C31H25N3O. The van der Waals surface area contributed by atoms with E-state index in [0.29, 0.717) is 0 Å². The summed E-state index contributed by atoms with van der Waals surface area (Å²) in [6.45, 7) is 0. The molecule has 0 saturated heterocycles. The predicted molar refractivity (Wildman–Crippen MR) is 141 cm³/mol. The van der Waals surface area contributed by atoms with Gasteiger partial charge in [0.1, 0.15) is 0 Å². The van der Waals surface area contributed by atoms with E-state index >= 15 is 0 Å². The fraction of sp³-hybridized carbons (Fsp3) is 0.0323. The smallest absolute Gasteiger partial charge is 0.249 e. The van der Waals surface area contributed by atoms with Gasteiger partial charge < -0.3 is 9.88 Å². The lowest BCUT2D eigenvalue weighted by atomic mass is 9.97. The molecule has 1 N–H and O–H groups in total. The fourth-order valence-electron chi connectivity index (χ4n) is 4.22. The Morgan fingerprint density at radius 1 is 0.714 bits per heavy atom. The molecule has 5 rings (SSSR count). The normalized spacial score (nSPS) is 11.4. The number of anilines is 1. The van der Waals surface area contributed by atoms with Crippen LogP contribution >= 0.6 is 0 Å². The van der Waals surface area contributed by atoms with E-state index in [1.165, 1.54) is 5.56 Å². The topological polar surface area (TPSA) is 46.9 Å². The molecule has 0 bridgehead atoms. The molecule has 35 heavy (non-hydrogen) atoms. The van der Waals surface area contributed by atoms with Crippen molar-refractivity contribution in [1.29, 1.82) is 0 Å². The minimum absolute atomic E-state index is 0.00566. The zero-order valence-electron chi connectivity index (χ0n) is 19.2. The van der Waals surface area contributed by atoms with Crippen LogP contribution in [0.4, 0.5) is 5.69 Å². The van der Waals surface area contributed by atoms with Gasteiger partial charge in [-0.05, 0) is 40.0 Å². The Balaban J connectivity index is 1.40. The molecular weight excluding hydrogens is 430 g/mol. The Kier molecular flexibility index (Phi) is 6.63. The predicted octanol–water partition coefficient (Wildman–Crippen LogP) is 6.59. The number of benzene rings is 4. The number of nitrogens with one attached hydrogen (secondary N) is 1. The lowest BCUT2D eigenvalue weighted by Gasteiger charge is -2.20. The second kappa shape index (κ2) is 10.5. The van der Waals surface area contributed by atoms with Crippen molar-refractivity contribution in [2.24, 2.45) is 0 Å². The summed E-state index contributed by atoms with van der Waals surface area (Å²) in [7, 11) is 0. The molecule has 170 valence electrons. The van der Waals surface area contributed by atoms with Gasteiger partial charge in [0.2, 0.25) is 5.91 Å². The van der Waals surface area contributed by atoms with Crippen LogP contribution in [0.1, 0.15) is 28.3 Å². The van der Waals surface area contributed by atoms with Crippen LogP contribution in [0.25, 0.3) is 5.57 Å². The van der Waals surface area contributed by atoms with Crippen molar-refractivity contribution in [3.63, 3.8) is 0 Å². The quantitative estimate of drug-likeness (QED) is 0.281. The van der Waals surface area contributed by atoms with Gasteiger partial charge in [-0.3, -0.25) is 4.79 Å². The third-order valence-corrected chi connectivity index (χ3v) is 5.88. The standard InChI is InChI=1S/C31H25N3O/c35-30(22-29(24-10-4-1-5-11-24)25-12-6-2-7-13-25)33-28-18-16-27(17-19-28)31(34-21-20-32-23-34)26-14-8-3-9-15-26/h1-23,31H,(H,33,35). The molecule has 4 aromatic carbocycles. The Hall–Kier alpha value is -4.70. The van der Waals surface area contributed by atoms with Crippen molar-refractivity contribution >= 4 is 17.2 Å². The summed E-state index contributed by atoms with van der Waals surface area (Å²) in [6, 6.07) is 38.2. The number of carbonyl (C=O) groups is 1. The largest absolute Gasteiger partial charge is 0.326 e. The van der Waals surface area contributed by atoms with E-state index in [9.17, 15) is 4.79 Å². The van der Waals surface area contributed by atoms with Crippen LogP contribution in [0.2, 0.25) is 0 Å². The van der Waals surface area contributed by atoms with Crippen LogP contribution in [0.3, 0.4) is 0 Å². The Morgan fingerprint density at radius 2 is 1.26 bits per heavy atom. The first kappa shape index (κ1) is 22.1. The molecule has 1 aromatic heterocycles. The molecule has 1 unspecified atom stereocenters. The van der Waals surface area contributed by atoms with E-state index in [4.69, 9.17) is 0 Å². The van der Waals surface area contributed by atoms with Crippen molar-refractivity contribution in [2.75, 3.05) is 5.32 Å². The van der Waals surface area contributed by atoms with E-state index in [0.717, 1.165) is 28.0 Å². The number of carbonyl (C=O) groups excluding carboxylic acids is 1. The van der Waals surface area contributed by atoms with Crippen molar-refractivity contribution in [2.45, 2.75) is 6.04 Å². The maximum atomic E-state index is 13.0. The lowest BCUT2D eigenvalue weighted by Crippen LogP contribution is -2.12. The maximum absolute atomic E-state index is 13.0. The molecule has 0 aliphatic rings. The number of hydrogen-bond donors (Lipinski definition) is 1. The summed E-state index contributed by atoms with van der Waals surface area (Å²) >= 11 is 0. The third-order valence-electron chi connectivity index (χ3n) is 5.88. The summed E-state index contributed by atoms with van der Waals surface area (Å²) in [5.41, 5.74) is 5.89. The number of rotatable bonds is 7.